The van der Waals surface area contributed by atoms with E-state index < -0.39 is 0 Å². The van der Waals surface area contributed by atoms with Gasteiger partial charge in [-0.2, -0.15) is 0 Å². The number of rotatable bonds is 2. The molecule has 0 N–H and O–H groups in total. The van der Waals surface area contributed by atoms with Crippen LogP contribution in [0.2, 0.25) is 0 Å². The van der Waals surface area contributed by atoms with Gasteiger partial charge in [-0.3, -0.25) is 4.99 Å². The first-order chi connectivity index (χ1) is 6.95. The first kappa shape index (κ1) is 8.75. The minimum Gasteiger partial charge on any atom is -0.262 e. The number of benzene rings is 1. The number of amidine groups is 1. The molecule has 1 aliphatic rings. The number of aliphatic imine (C=N–C) groups is 1. The maximum Gasteiger partial charge on any atom is 0.147 e. The van der Waals surface area contributed by atoms with E-state index in [1.807, 2.05) is 36.4 Å². The van der Waals surface area contributed by atoms with Crippen molar-refractivity contribution >= 4 is 5.84 Å². The van der Waals surface area contributed by atoms with Gasteiger partial charge in [0, 0.05) is 6.20 Å². The highest BCUT2D eigenvalue weighted by Crippen LogP contribution is 2.01. The highest BCUT2D eigenvalue weighted by molar-refractivity contribution is 5.94. The molecule has 2 heteroatoms. The Morgan fingerprint density at radius 1 is 1.07 bits per heavy atom. The minimum absolute atomic E-state index is 0.692. The molecule has 0 spiro atoms. The Balaban J connectivity index is 2.00. The zero-order valence-corrected chi connectivity index (χ0v) is 7.80. The fourth-order valence-corrected chi connectivity index (χ4v) is 1.20. The third-order valence-corrected chi connectivity index (χ3v) is 1.92. The van der Waals surface area contributed by atoms with Gasteiger partial charge in [0.1, 0.15) is 5.84 Å². The van der Waals surface area contributed by atoms with Gasteiger partial charge in [0.05, 0.1) is 6.54 Å². The van der Waals surface area contributed by atoms with Gasteiger partial charge in [-0.05, 0) is 17.7 Å². The smallest absolute Gasteiger partial charge is 0.147 e. The molecular formula is C12H11N2. The minimum atomic E-state index is 0.692. The molecule has 1 aromatic carbocycles. The van der Waals surface area contributed by atoms with Crippen molar-refractivity contribution in [2.24, 2.45) is 4.99 Å². The SMILES string of the molecule is C1=C[N]C(=NCc2ccccc2)C=C1. The molecule has 0 aromatic heterocycles. The van der Waals surface area contributed by atoms with Crippen LogP contribution in [-0.4, -0.2) is 5.84 Å². The van der Waals surface area contributed by atoms with Crippen LogP contribution in [0.3, 0.4) is 0 Å². The van der Waals surface area contributed by atoms with Crippen LogP contribution in [0, 0.1) is 0 Å². The first-order valence-corrected chi connectivity index (χ1v) is 4.57. The Labute approximate surface area is 83.7 Å². The van der Waals surface area contributed by atoms with E-state index in [9.17, 15) is 0 Å². The van der Waals surface area contributed by atoms with Crippen LogP contribution in [0.1, 0.15) is 5.56 Å². The third kappa shape index (κ3) is 2.33. The molecule has 1 aliphatic heterocycles. The molecule has 0 saturated carbocycles. The summed E-state index contributed by atoms with van der Waals surface area (Å²) in [5.74, 6) is 0.788. The normalized spacial score (nSPS) is 17.0. The Hall–Kier alpha value is -1.83. The van der Waals surface area contributed by atoms with Gasteiger partial charge in [-0.15, -0.1) is 0 Å². The van der Waals surface area contributed by atoms with E-state index in [0.29, 0.717) is 6.54 Å². The van der Waals surface area contributed by atoms with Crippen molar-refractivity contribution < 1.29 is 0 Å². The summed E-state index contributed by atoms with van der Waals surface area (Å²) < 4.78 is 0. The van der Waals surface area contributed by atoms with Crippen molar-refractivity contribution in [3.63, 3.8) is 0 Å². The summed E-state index contributed by atoms with van der Waals surface area (Å²) in [6.07, 6.45) is 7.49. The molecule has 0 unspecified atom stereocenters. The zero-order valence-electron chi connectivity index (χ0n) is 7.80. The Kier molecular flexibility index (Phi) is 2.76. The Morgan fingerprint density at radius 3 is 2.64 bits per heavy atom. The molecule has 2 nitrogen and oxygen atoms in total. The highest BCUT2D eigenvalue weighted by Gasteiger charge is 1.95. The van der Waals surface area contributed by atoms with Crippen LogP contribution in [0.4, 0.5) is 0 Å². The van der Waals surface area contributed by atoms with E-state index in [1.165, 1.54) is 5.56 Å². The Morgan fingerprint density at radius 2 is 1.93 bits per heavy atom. The Bertz CT molecular complexity index is 375. The quantitative estimate of drug-likeness (QED) is 0.672. The van der Waals surface area contributed by atoms with E-state index in [2.05, 4.69) is 22.4 Å². The van der Waals surface area contributed by atoms with Crippen molar-refractivity contribution in [3.05, 3.63) is 60.3 Å². The molecule has 0 aliphatic carbocycles. The van der Waals surface area contributed by atoms with Crippen molar-refractivity contribution in [2.75, 3.05) is 0 Å². The monoisotopic (exact) mass is 183 g/mol. The second kappa shape index (κ2) is 4.42. The molecule has 1 radical (unpaired) electrons. The van der Waals surface area contributed by atoms with E-state index >= 15 is 0 Å². The molecule has 0 fully saturated rings. The van der Waals surface area contributed by atoms with Crippen molar-refractivity contribution in [2.45, 2.75) is 6.54 Å². The van der Waals surface area contributed by atoms with Gasteiger partial charge < -0.3 is 0 Å². The van der Waals surface area contributed by atoms with Crippen LogP contribution >= 0.6 is 0 Å². The van der Waals surface area contributed by atoms with E-state index in [1.54, 1.807) is 6.20 Å². The van der Waals surface area contributed by atoms with Crippen molar-refractivity contribution in [1.29, 1.82) is 0 Å². The summed E-state index contributed by atoms with van der Waals surface area (Å²) in [4.78, 5) is 4.37. The lowest BCUT2D eigenvalue weighted by Crippen LogP contribution is -2.09. The summed E-state index contributed by atoms with van der Waals surface area (Å²) >= 11 is 0. The van der Waals surface area contributed by atoms with Crippen molar-refractivity contribution in [1.82, 2.24) is 5.32 Å². The molecule has 0 atom stereocenters. The largest absolute Gasteiger partial charge is 0.262 e. The molecule has 1 aromatic rings. The summed E-state index contributed by atoms with van der Waals surface area (Å²) in [6.45, 7) is 0.692. The van der Waals surface area contributed by atoms with Gasteiger partial charge in [0.2, 0.25) is 0 Å². The number of nitrogens with zero attached hydrogens (tertiary/aromatic N) is 2. The second-order valence-electron chi connectivity index (χ2n) is 2.99. The van der Waals surface area contributed by atoms with Crippen LogP contribution in [0.15, 0.2) is 59.8 Å². The average molecular weight is 183 g/mol. The average Bonchev–Trinajstić information content (AvgIpc) is 2.29. The molecule has 1 heterocycles. The fourth-order valence-electron chi connectivity index (χ4n) is 1.20. The summed E-state index contributed by atoms with van der Waals surface area (Å²) in [5, 5.41) is 4.13. The van der Waals surface area contributed by atoms with E-state index in [0.717, 1.165) is 5.84 Å². The summed E-state index contributed by atoms with van der Waals surface area (Å²) in [6, 6.07) is 10.2. The standard InChI is InChI=1S/C12H11N2/c1-2-6-11(7-3-1)10-14-12-8-4-5-9-13-12/h1-9H,10H2. The van der Waals surface area contributed by atoms with Gasteiger partial charge in [0.25, 0.3) is 0 Å². The van der Waals surface area contributed by atoms with Gasteiger partial charge in [0.15, 0.2) is 0 Å². The lowest BCUT2D eigenvalue weighted by molar-refractivity contribution is 1.04. The number of allylic oxidation sites excluding steroid dienone is 2. The van der Waals surface area contributed by atoms with Gasteiger partial charge >= 0.3 is 0 Å². The van der Waals surface area contributed by atoms with Crippen LogP contribution in [0.25, 0.3) is 0 Å². The summed E-state index contributed by atoms with van der Waals surface area (Å²) in [5.41, 5.74) is 1.21. The number of hydrogen-bond acceptors (Lipinski definition) is 1. The topological polar surface area (TPSA) is 26.5 Å². The molecule has 0 amide bonds. The van der Waals surface area contributed by atoms with Gasteiger partial charge in [-0.1, -0.05) is 36.4 Å². The lowest BCUT2D eigenvalue weighted by atomic mass is 10.2. The molecule has 14 heavy (non-hydrogen) atoms. The maximum atomic E-state index is 4.37. The molecule has 2 rings (SSSR count). The fraction of sp³-hybridized carbons (Fsp3) is 0.0833. The van der Waals surface area contributed by atoms with E-state index in [4.69, 9.17) is 0 Å². The van der Waals surface area contributed by atoms with Crippen LogP contribution < -0.4 is 5.32 Å². The third-order valence-electron chi connectivity index (χ3n) is 1.92. The predicted octanol–water partition coefficient (Wildman–Crippen LogP) is 2.27. The predicted molar refractivity (Wildman–Crippen MR) is 58.0 cm³/mol. The highest BCUT2D eigenvalue weighted by atomic mass is 15.0. The molecule has 0 bridgehead atoms. The molecular weight excluding hydrogens is 172 g/mol. The van der Waals surface area contributed by atoms with Crippen LogP contribution in [0.5, 0.6) is 0 Å². The first-order valence-electron chi connectivity index (χ1n) is 4.57. The van der Waals surface area contributed by atoms with Crippen molar-refractivity contribution in [3.8, 4) is 0 Å². The maximum absolute atomic E-state index is 4.37. The van der Waals surface area contributed by atoms with Crippen LogP contribution in [-0.2, 0) is 6.54 Å². The number of hydrogen-bond donors (Lipinski definition) is 0. The summed E-state index contributed by atoms with van der Waals surface area (Å²) in [7, 11) is 0. The van der Waals surface area contributed by atoms with E-state index in [-0.39, 0.29) is 0 Å². The lowest BCUT2D eigenvalue weighted by Gasteiger charge is -2.01. The zero-order chi connectivity index (χ0) is 9.64. The molecule has 0 saturated heterocycles. The molecule has 69 valence electrons. The second-order valence-corrected chi connectivity index (χ2v) is 2.99. The van der Waals surface area contributed by atoms with Gasteiger partial charge in [-0.25, -0.2) is 5.32 Å².